The molecule has 1 N–H and O–H groups in total. The molecule has 0 bridgehead atoms. The second-order valence-electron chi connectivity index (χ2n) is 4.17. The third kappa shape index (κ3) is 2.58. The van der Waals surface area contributed by atoms with E-state index in [9.17, 15) is 4.39 Å². The average molecular weight is 276 g/mol. The lowest BCUT2D eigenvalue weighted by molar-refractivity contribution is 0.377. The van der Waals surface area contributed by atoms with Crippen molar-refractivity contribution in [3.8, 4) is 11.5 Å². The smallest absolute Gasteiger partial charge is 0.146 e. The standard InChI is InChI=1S/C15H17FN2O2/c1-17-15(14-10(16)6-5-9-18-14)13-11(19-2)7-4-8-12(13)20-3/h4-9,15,17H,1-3H3. The van der Waals surface area contributed by atoms with Crippen LogP contribution in [0.5, 0.6) is 11.5 Å². The topological polar surface area (TPSA) is 43.4 Å². The minimum Gasteiger partial charge on any atom is -0.496 e. The van der Waals surface area contributed by atoms with Crippen LogP contribution in [0.4, 0.5) is 4.39 Å². The molecule has 0 radical (unpaired) electrons. The lowest BCUT2D eigenvalue weighted by Gasteiger charge is -2.21. The van der Waals surface area contributed by atoms with Crippen LogP contribution in [0.25, 0.3) is 0 Å². The Bertz CT molecular complexity index is 568. The molecular weight excluding hydrogens is 259 g/mol. The fraction of sp³-hybridized carbons (Fsp3) is 0.267. The minimum atomic E-state index is -0.456. The molecule has 0 aliphatic rings. The maximum atomic E-state index is 14.0. The number of pyridine rings is 1. The van der Waals surface area contributed by atoms with Crippen molar-refractivity contribution in [2.45, 2.75) is 6.04 Å². The van der Waals surface area contributed by atoms with Crippen LogP contribution in [-0.4, -0.2) is 26.3 Å². The first-order chi connectivity index (χ1) is 9.72. The molecule has 0 amide bonds. The van der Waals surface area contributed by atoms with Gasteiger partial charge in [-0.25, -0.2) is 4.39 Å². The number of ether oxygens (including phenoxy) is 2. The Balaban J connectivity index is 2.60. The third-order valence-corrected chi connectivity index (χ3v) is 3.10. The highest BCUT2D eigenvalue weighted by Crippen LogP contribution is 2.37. The van der Waals surface area contributed by atoms with Crippen LogP contribution in [0.1, 0.15) is 17.3 Å². The number of methoxy groups -OCH3 is 2. The zero-order valence-electron chi connectivity index (χ0n) is 11.7. The van der Waals surface area contributed by atoms with Crippen molar-refractivity contribution in [1.82, 2.24) is 10.3 Å². The van der Waals surface area contributed by atoms with Crippen LogP contribution >= 0.6 is 0 Å². The molecule has 0 saturated heterocycles. The van der Waals surface area contributed by atoms with Gasteiger partial charge in [-0.2, -0.15) is 0 Å². The van der Waals surface area contributed by atoms with Crippen molar-refractivity contribution in [1.29, 1.82) is 0 Å². The van der Waals surface area contributed by atoms with Gasteiger partial charge in [-0.15, -0.1) is 0 Å². The van der Waals surface area contributed by atoms with Crippen LogP contribution < -0.4 is 14.8 Å². The Morgan fingerprint density at radius 3 is 2.25 bits per heavy atom. The molecule has 2 aromatic rings. The molecule has 0 fully saturated rings. The largest absolute Gasteiger partial charge is 0.496 e. The molecule has 1 heterocycles. The molecule has 1 aromatic heterocycles. The van der Waals surface area contributed by atoms with Gasteiger partial charge in [0, 0.05) is 6.20 Å². The lowest BCUT2D eigenvalue weighted by atomic mass is 10.0. The Morgan fingerprint density at radius 2 is 1.75 bits per heavy atom. The Kier molecular flexibility index (Phi) is 4.53. The van der Waals surface area contributed by atoms with Gasteiger partial charge in [0.1, 0.15) is 17.3 Å². The van der Waals surface area contributed by atoms with Crippen LogP contribution in [0.15, 0.2) is 36.5 Å². The molecule has 0 aliphatic carbocycles. The zero-order chi connectivity index (χ0) is 14.5. The van der Waals surface area contributed by atoms with Gasteiger partial charge in [-0.1, -0.05) is 6.07 Å². The SMILES string of the molecule is CNC(c1ncccc1F)c1c(OC)cccc1OC. The van der Waals surface area contributed by atoms with Gasteiger partial charge < -0.3 is 14.8 Å². The summed E-state index contributed by atoms with van der Waals surface area (Å²) < 4.78 is 24.7. The van der Waals surface area contributed by atoms with Gasteiger partial charge in [0.25, 0.3) is 0 Å². The second kappa shape index (κ2) is 6.34. The predicted molar refractivity (Wildman–Crippen MR) is 74.6 cm³/mol. The van der Waals surface area contributed by atoms with E-state index in [0.717, 1.165) is 5.56 Å². The van der Waals surface area contributed by atoms with E-state index in [-0.39, 0.29) is 5.82 Å². The summed E-state index contributed by atoms with van der Waals surface area (Å²) in [6.45, 7) is 0. The Hall–Kier alpha value is -2.14. The summed E-state index contributed by atoms with van der Waals surface area (Å²) in [7, 11) is 4.88. The molecule has 0 aliphatic heterocycles. The van der Waals surface area contributed by atoms with E-state index >= 15 is 0 Å². The number of benzene rings is 1. The van der Waals surface area contributed by atoms with Crippen molar-refractivity contribution in [3.05, 3.63) is 53.6 Å². The van der Waals surface area contributed by atoms with Crippen molar-refractivity contribution < 1.29 is 13.9 Å². The van der Waals surface area contributed by atoms with Gasteiger partial charge >= 0.3 is 0 Å². The quantitative estimate of drug-likeness (QED) is 0.911. The number of nitrogens with zero attached hydrogens (tertiary/aromatic N) is 1. The highest BCUT2D eigenvalue weighted by molar-refractivity contribution is 5.49. The monoisotopic (exact) mass is 276 g/mol. The normalized spacial score (nSPS) is 12.0. The van der Waals surface area contributed by atoms with Crippen molar-refractivity contribution in [3.63, 3.8) is 0 Å². The van der Waals surface area contributed by atoms with E-state index in [1.807, 2.05) is 18.2 Å². The van der Waals surface area contributed by atoms with E-state index in [1.165, 1.54) is 6.07 Å². The summed E-state index contributed by atoms with van der Waals surface area (Å²) in [6, 6.07) is 7.93. The number of nitrogens with one attached hydrogen (secondary N) is 1. The highest BCUT2D eigenvalue weighted by atomic mass is 19.1. The molecule has 20 heavy (non-hydrogen) atoms. The fourth-order valence-electron chi connectivity index (χ4n) is 2.19. The Morgan fingerprint density at radius 1 is 1.10 bits per heavy atom. The Labute approximate surface area is 117 Å². The summed E-state index contributed by atoms with van der Waals surface area (Å²) in [6.07, 6.45) is 1.56. The molecule has 5 heteroatoms. The lowest BCUT2D eigenvalue weighted by Crippen LogP contribution is -2.21. The summed E-state index contributed by atoms with van der Waals surface area (Å²) in [5.74, 6) is 0.863. The van der Waals surface area contributed by atoms with E-state index in [2.05, 4.69) is 10.3 Å². The van der Waals surface area contributed by atoms with Crippen molar-refractivity contribution in [2.75, 3.05) is 21.3 Å². The first kappa shape index (κ1) is 14.3. The van der Waals surface area contributed by atoms with E-state index in [1.54, 1.807) is 33.5 Å². The first-order valence-electron chi connectivity index (χ1n) is 6.21. The molecule has 106 valence electrons. The molecule has 0 spiro atoms. The summed E-state index contributed by atoms with van der Waals surface area (Å²) in [5, 5.41) is 3.06. The summed E-state index contributed by atoms with van der Waals surface area (Å²) >= 11 is 0. The van der Waals surface area contributed by atoms with Gasteiger partial charge in [-0.05, 0) is 31.3 Å². The fourth-order valence-corrected chi connectivity index (χ4v) is 2.19. The molecule has 0 saturated carbocycles. The molecule has 4 nitrogen and oxygen atoms in total. The van der Waals surface area contributed by atoms with Gasteiger partial charge in [0.05, 0.1) is 31.5 Å². The maximum Gasteiger partial charge on any atom is 0.146 e. The second-order valence-corrected chi connectivity index (χ2v) is 4.17. The van der Waals surface area contributed by atoms with Crippen LogP contribution in [0, 0.1) is 5.82 Å². The van der Waals surface area contributed by atoms with E-state index in [4.69, 9.17) is 9.47 Å². The summed E-state index contributed by atoms with van der Waals surface area (Å²) in [5.41, 5.74) is 1.02. The number of aromatic nitrogens is 1. The molecule has 1 aromatic carbocycles. The number of hydrogen-bond donors (Lipinski definition) is 1. The van der Waals surface area contributed by atoms with Crippen molar-refractivity contribution in [2.24, 2.45) is 0 Å². The van der Waals surface area contributed by atoms with Crippen molar-refractivity contribution >= 4 is 0 Å². The molecule has 2 rings (SSSR count). The number of rotatable bonds is 5. The van der Waals surface area contributed by atoms with E-state index < -0.39 is 6.04 Å². The van der Waals surface area contributed by atoms with E-state index in [0.29, 0.717) is 17.2 Å². The zero-order valence-corrected chi connectivity index (χ0v) is 11.7. The minimum absolute atomic E-state index is 0.304. The summed E-state index contributed by atoms with van der Waals surface area (Å²) in [4.78, 5) is 4.13. The molecular formula is C15H17FN2O2. The first-order valence-corrected chi connectivity index (χ1v) is 6.21. The maximum absolute atomic E-state index is 14.0. The number of halogens is 1. The third-order valence-electron chi connectivity index (χ3n) is 3.10. The van der Waals surface area contributed by atoms with Crippen LogP contribution in [0.3, 0.4) is 0 Å². The van der Waals surface area contributed by atoms with Gasteiger partial charge in [0.15, 0.2) is 0 Å². The number of hydrogen-bond acceptors (Lipinski definition) is 4. The highest BCUT2D eigenvalue weighted by Gasteiger charge is 2.24. The van der Waals surface area contributed by atoms with Crippen LogP contribution in [0.2, 0.25) is 0 Å². The van der Waals surface area contributed by atoms with Crippen LogP contribution in [-0.2, 0) is 0 Å². The van der Waals surface area contributed by atoms with Gasteiger partial charge in [-0.3, -0.25) is 4.98 Å². The average Bonchev–Trinajstić information content (AvgIpc) is 2.49. The molecule has 1 atom stereocenters. The molecule has 1 unspecified atom stereocenters. The predicted octanol–water partition coefficient (Wildman–Crippen LogP) is 2.55. The van der Waals surface area contributed by atoms with Gasteiger partial charge in [0.2, 0.25) is 0 Å².